The van der Waals surface area contributed by atoms with Crippen LogP contribution < -0.4 is 9.62 Å². The zero-order valence-electron chi connectivity index (χ0n) is 14.4. The Morgan fingerprint density at radius 3 is 2.50 bits per heavy atom. The van der Waals surface area contributed by atoms with Crippen LogP contribution in [0, 0.1) is 5.82 Å². The van der Waals surface area contributed by atoms with Gasteiger partial charge >= 0.3 is 0 Å². The first kappa shape index (κ1) is 19.8. The van der Waals surface area contributed by atoms with Crippen molar-refractivity contribution in [1.29, 1.82) is 0 Å². The third-order valence-corrected chi connectivity index (χ3v) is 5.83. The van der Waals surface area contributed by atoms with E-state index in [9.17, 15) is 17.6 Å². The molecule has 0 radical (unpaired) electrons. The maximum absolute atomic E-state index is 13.5. The predicted octanol–water partition coefficient (Wildman–Crippen LogP) is 3.71. The fraction of sp³-hybridized carbons (Fsp3) is 0.0526. The van der Waals surface area contributed by atoms with E-state index in [1.807, 2.05) is 0 Å². The number of anilines is 2. The van der Waals surface area contributed by atoms with Gasteiger partial charge in [-0.05, 0) is 42.5 Å². The van der Waals surface area contributed by atoms with Crippen LogP contribution in [0.25, 0.3) is 0 Å². The van der Waals surface area contributed by atoms with Gasteiger partial charge in [-0.25, -0.2) is 12.8 Å². The lowest BCUT2D eigenvalue weighted by Gasteiger charge is -2.24. The average Bonchev–Trinajstić information content (AvgIpc) is 2.70. The predicted molar refractivity (Wildman–Crippen MR) is 105 cm³/mol. The standard InChI is InChI=1S/C19H15ClFN3O3S/c20-17-11-15(8-9-18(17)21)24(28(26,27)16-6-2-1-3-7-16)13-19(25)23-14-5-4-10-22-12-14/h1-12H,13H2,(H,23,25). The van der Waals surface area contributed by atoms with Crippen molar-refractivity contribution in [3.8, 4) is 0 Å². The van der Waals surface area contributed by atoms with Crippen LogP contribution in [0.3, 0.4) is 0 Å². The highest BCUT2D eigenvalue weighted by Crippen LogP contribution is 2.27. The molecule has 0 aliphatic carbocycles. The zero-order chi connectivity index (χ0) is 20.1. The van der Waals surface area contributed by atoms with Gasteiger partial charge in [0.15, 0.2) is 0 Å². The van der Waals surface area contributed by atoms with Gasteiger partial charge in [-0.15, -0.1) is 0 Å². The molecule has 0 fully saturated rings. The Labute approximate surface area is 166 Å². The minimum Gasteiger partial charge on any atom is -0.323 e. The van der Waals surface area contributed by atoms with Gasteiger partial charge in [0, 0.05) is 6.20 Å². The number of amides is 1. The number of pyridine rings is 1. The second kappa shape index (κ2) is 8.37. The van der Waals surface area contributed by atoms with Crippen LogP contribution in [-0.2, 0) is 14.8 Å². The van der Waals surface area contributed by atoms with Crippen LogP contribution in [0.2, 0.25) is 5.02 Å². The summed E-state index contributed by atoms with van der Waals surface area (Å²) in [5.74, 6) is -1.28. The van der Waals surface area contributed by atoms with E-state index in [1.165, 1.54) is 24.4 Å². The molecule has 0 unspecified atom stereocenters. The van der Waals surface area contributed by atoms with Crippen LogP contribution in [0.4, 0.5) is 15.8 Å². The maximum Gasteiger partial charge on any atom is 0.264 e. The number of hydrogen-bond donors (Lipinski definition) is 1. The molecule has 144 valence electrons. The average molecular weight is 420 g/mol. The lowest BCUT2D eigenvalue weighted by molar-refractivity contribution is -0.114. The van der Waals surface area contributed by atoms with Crippen molar-refractivity contribution in [2.24, 2.45) is 0 Å². The Kier molecular flexibility index (Phi) is 5.91. The van der Waals surface area contributed by atoms with Crippen molar-refractivity contribution >= 4 is 38.9 Å². The molecule has 0 spiro atoms. The van der Waals surface area contributed by atoms with Crippen molar-refractivity contribution < 1.29 is 17.6 Å². The van der Waals surface area contributed by atoms with Crippen LogP contribution in [-0.4, -0.2) is 25.9 Å². The molecule has 0 bridgehead atoms. The number of rotatable bonds is 6. The van der Waals surface area contributed by atoms with Gasteiger partial charge in [-0.1, -0.05) is 29.8 Å². The summed E-state index contributed by atoms with van der Waals surface area (Å²) in [6.07, 6.45) is 2.98. The highest BCUT2D eigenvalue weighted by molar-refractivity contribution is 7.92. The summed E-state index contributed by atoms with van der Waals surface area (Å²) in [6, 6.07) is 14.3. The Bertz CT molecular complexity index is 1080. The third kappa shape index (κ3) is 4.47. The molecule has 6 nitrogen and oxygen atoms in total. The second-order valence-corrected chi connectivity index (χ2v) is 7.98. The smallest absolute Gasteiger partial charge is 0.264 e. The molecular formula is C19H15ClFN3O3S. The Morgan fingerprint density at radius 1 is 1.11 bits per heavy atom. The van der Waals surface area contributed by atoms with Gasteiger partial charge in [-0.2, -0.15) is 0 Å². The molecule has 1 aromatic heterocycles. The van der Waals surface area contributed by atoms with E-state index in [2.05, 4.69) is 10.3 Å². The molecule has 0 aliphatic rings. The van der Waals surface area contributed by atoms with Gasteiger partial charge in [0.1, 0.15) is 12.4 Å². The van der Waals surface area contributed by atoms with E-state index in [4.69, 9.17) is 11.6 Å². The summed E-state index contributed by atoms with van der Waals surface area (Å²) in [5.41, 5.74) is 0.485. The highest BCUT2D eigenvalue weighted by atomic mass is 35.5. The number of nitrogens with one attached hydrogen (secondary N) is 1. The lowest BCUT2D eigenvalue weighted by atomic mass is 10.3. The minimum atomic E-state index is -4.10. The Morgan fingerprint density at radius 2 is 1.86 bits per heavy atom. The van der Waals surface area contributed by atoms with Crippen LogP contribution in [0.5, 0.6) is 0 Å². The van der Waals surface area contributed by atoms with E-state index < -0.39 is 28.3 Å². The van der Waals surface area contributed by atoms with E-state index in [0.717, 1.165) is 16.4 Å². The van der Waals surface area contributed by atoms with Crippen molar-refractivity contribution in [3.05, 3.63) is 83.9 Å². The number of sulfonamides is 1. The van der Waals surface area contributed by atoms with Crippen LogP contribution in [0.15, 0.2) is 78.0 Å². The molecule has 3 aromatic rings. The molecule has 0 atom stereocenters. The number of nitrogens with zero attached hydrogens (tertiary/aromatic N) is 2. The molecule has 1 heterocycles. The summed E-state index contributed by atoms with van der Waals surface area (Å²) in [4.78, 5) is 16.4. The van der Waals surface area contributed by atoms with Gasteiger partial charge in [-0.3, -0.25) is 14.1 Å². The largest absolute Gasteiger partial charge is 0.323 e. The molecule has 9 heteroatoms. The summed E-state index contributed by atoms with van der Waals surface area (Å²) < 4.78 is 40.6. The van der Waals surface area contributed by atoms with Crippen molar-refractivity contribution in [2.45, 2.75) is 4.90 Å². The number of carbonyl (C=O) groups is 1. The first-order valence-corrected chi connectivity index (χ1v) is 9.92. The first-order valence-electron chi connectivity index (χ1n) is 8.10. The summed E-state index contributed by atoms with van der Waals surface area (Å²) in [5, 5.41) is 2.33. The molecule has 1 amide bonds. The highest BCUT2D eigenvalue weighted by Gasteiger charge is 2.27. The summed E-state index contributed by atoms with van der Waals surface area (Å²) in [6.45, 7) is -0.534. The number of halogens is 2. The van der Waals surface area contributed by atoms with Gasteiger partial charge in [0.25, 0.3) is 10.0 Å². The normalized spacial score (nSPS) is 11.1. The minimum absolute atomic E-state index is 0.00961. The Balaban J connectivity index is 1.97. The first-order chi connectivity index (χ1) is 13.4. The number of carbonyl (C=O) groups excluding carboxylic acids is 1. The summed E-state index contributed by atoms with van der Waals surface area (Å²) >= 11 is 5.82. The van der Waals surface area contributed by atoms with Crippen molar-refractivity contribution in [1.82, 2.24) is 4.98 Å². The molecule has 0 saturated heterocycles. The molecular weight excluding hydrogens is 405 g/mol. The van der Waals surface area contributed by atoms with Crippen LogP contribution >= 0.6 is 11.6 Å². The molecule has 3 rings (SSSR count). The third-order valence-electron chi connectivity index (χ3n) is 3.75. The van der Waals surface area contributed by atoms with E-state index in [-0.39, 0.29) is 15.6 Å². The van der Waals surface area contributed by atoms with Gasteiger partial charge < -0.3 is 5.32 Å². The van der Waals surface area contributed by atoms with Crippen molar-refractivity contribution in [2.75, 3.05) is 16.2 Å². The van der Waals surface area contributed by atoms with Gasteiger partial charge in [0.05, 0.1) is 27.5 Å². The fourth-order valence-corrected chi connectivity index (χ4v) is 4.05. The molecule has 2 aromatic carbocycles. The lowest BCUT2D eigenvalue weighted by Crippen LogP contribution is -2.38. The maximum atomic E-state index is 13.5. The van der Waals surface area contributed by atoms with Crippen LogP contribution in [0.1, 0.15) is 0 Å². The quantitative estimate of drug-likeness (QED) is 0.660. The topological polar surface area (TPSA) is 79.4 Å². The number of benzene rings is 2. The van der Waals surface area contributed by atoms with E-state index >= 15 is 0 Å². The Hall–Kier alpha value is -2.97. The van der Waals surface area contributed by atoms with E-state index in [1.54, 1.807) is 36.5 Å². The monoisotopic (exact) mass is 419 g/mol. The molecule has 28 heavy (non-hydrogen) atoms. The summed E-state index contributed by atoms with van der Waals surface area (Å²) in [7, 11) is -4.10. The SMILES string of the molecule is O=C(CN(c1ccc(F)c(Cl)c1)S(=O)(=O)c1ccccc1)Nc1cccnc1. The van der Waals surface area contributed by atoms with Gasteiger partial charge in [0.2, 0.25) is 5.91 Å². The molecule has 0 saturated carbocycles. The van der Waals surface area contributed by atoms with Crippen molar-refractivity contribution in [3.63, 3.8) is 0 Å². The van der Waals surface area contributed by atoms with E-state index in [0.29, 0.717) is 5.69 Å². The molecule has 1 N–H and O–H groups in total. The fourth-order valence-electron chi connectivity index (χ4n) is 2.44. The molecule has 0 aliphatic heterocycles. The number of aromatic nitrogens is 1. The zero-order valence-corrected chi connectivity index (χ0v) is 16.0. The number of hydrogen-bond acceptors (Lipinski definition) is 4. The second-order valence-electron chi connectivity index (χ2n) is 5.71.